The zero-order chi connectivity index (χ0) is 12.3. The summed E-state index contributed by atoms with van der Waals surface area (Å²) in [4.78, 5) is 10.7. The lowest BCUT2D eigenvalue weighted by Crippen LogP contribution is -2.24. The first-order valence-corrected chi connectivity index (χ1v) is 5.65. The molecule has 0 aliphatic rings. The molecule has 3 N–H and O–H groups in total. The van der Waals surface area contributed by atoms with Crippen molar-refractivity contribution in [2.45, 2.75) is 26.0 Å². The Hall–Kier alpha value is -1.07. The number of nitrogens with two attached hydrogens (primary N) is 1. The molecule has 88 valence electrons. The van der Waals surface area contributed by atoms with Crippen molar-refractivity contribution < 1.29 is 14.6 Å². The zero-order valence-corrected chi connectivity index (χ0v) is 10.7. The number of rotatable bonds is 4. The van der Waals surface area contributed by atoms with E-state index >= 15 is 0 Å². The molecule has 0 heterocycles. The maximum absolute atomic E-state index is 10.7. The highest BCUT2D eigenvalue weighted by atomic mass is 79.9. The summed E-state index contributed by atoms with van der Waals surface area (Å²) in [5.41, 5.74) is 6.57. The average molecular weight is 288 g/mol. The number of ether oxygens (including phenoxy) is 1. The summed E-state index contributed by atoms with van der Waals surface area (Å²) < 4.78 is 6.21. The molecular formula is C11H14BrNO3. The van der Waals surface area contributed by atoms with Gasteiger partial charge >= 0.3 is 5.97 Å². The number of benzene rings is 1. The van der Waals surface area contributed by atoms with Crippen LogP contribution in [0.2, 0.25) is 0 Å². The van der Waals surface area contributed by atoms with Crippen molar-refractivity contribution >= 4 is 21.9 Å². The molecule has 1 aromatic rings. The smallest absolute Gasteiger partial charge is 0.344 e. The molecule has 0 fully saturated rings. The lowest BCUT2D eigenvalue weighted by molar-refractivity contribution is -0.144. The summed E-state index contributed by atoms with van der Waals surface area (Å²) >= 11 is 3.33. The van der Waals surface area contributed by atoms with E-state index in [0.717, 1.165) is 10.0 Å². The monoisotopic (exact) mass is 287 g/mol. The van der Waals surface area contributed by atoms with Crippen molar-refractivity contribution in [1.82, 2.24) is 0 Å². The number of halogens is 1. The molecule has 0 saturated carbocycles. The van der Waals surface area contributed by atoms with E-state index in [1.165, 1.54) is 6.92 Å². The molecule has 0 spiro atoms. The van der Waals surface area contributed by atoms with Gasteiger partial charge in [0.2, 0.25) is 0 Å². The highest BCUT2D eigenvalue weighted by Crippen LogP contribution is 2.28. The van der Waals surface area contributed by atoms with Crippen molar-refractivity contribution in [3.05, 3.63) is 28.2 Å². The molecule has 1 aromatic carbocycles. The van der Waals surface area contributed by atoms with Crippen LogP contribution in [0.1, 0.15) is 25.5 Å². The van der Waals surface area contributed by atoms with Crippen LogP contribution >= 0.6 is 15.9 Å². The van der Waals surface area contributed by atoms with Gasteiger partial charge in [-0.05, 0) is 32.0 Å². The second-order valence-corrected chi connectivity index (χ2v) is 4.48. The third kappa shape index (κ3) is 3.21. The van der Waals surface area contributed by atoms with Gasteiger partial charge in [0, 0.05) is 16.1 Å². The summed E-state index contributed by atoms with van der Waals surface area (Å²) in [6.07, 6.45) is -0.890. The molecule has 0 saturated heterocycles. The first kappa shape index (κ1) is 13.0. The lowest BCUT2D eigenvalue weighted by Gasteiger charge is -2.16. The number of carbonyl (C=O) groups is 1. The van der Waals surface area contributed by atoms with E-state index < -0.39 is 12.1 Å². The Balaban J connectivity index is 2.99. The Kier molecular flexibility index (Phi) is 4.32. The van der Waals surface area contributed by atoms with Crippen LogP contribution in [0.15, 0.2) is 22.7 Å². The average Bonchev–Trinajstić information content (AvgIpc) is 2.20. The molecule has 0 aliphatic carbocycles. The van der Waals surface area contributed by atoms with Gasteiger partial charge in [-0.25, -0.2) is 4.79 Å². The molecule has 0 aliphatic heterocycles. The fraction of sp³-hybridized carbons (Fsp3) is 0.364. The maximum Gasteiger partial charge on any atom is 0.344 e. The predicted octanol–water partition coefficient (Wildman–Crippen LogP) is 2.32. The molecule has 2 atom stereocenters. The highest BCUT2D eigenvalue weighted by molar-refractivity contribution is 9.10. The first-order chi connectivity index (χ1) is 7.41. The lowest BCUT2D eigenvalue weighted by atomic mass is 10.1. The molecule has 1 rings (SSSR count). The van der Waals surface area contributed by atoms with E-state index in [4.69, 9.17) is 15.6 Å². The molecule has 5 heteroatoms. The summed E-state index contributed by atoms with van der Waals surface area (Å²) in [6, 6.07) is 5.11. The third-order valence-corrected chi connectivity index (χ3v) is 2.61. The van der Waals surface area contributed by atoms with Crippen LogP contribution in [-0.2, 0) is 4.79 Å². The Morgan fingerprint density at radius 2 is 2.12 bits per heavy atom. The van der Waals surface area contributed by atoms with Crippen LogP contribution < -0.4 is 10.5 Å². The molecular weight excluding hydrogens is 274 g/mol. The number of hydrogen-bond donors (Lipinski definition) is 2. The van der Waals surface area contributed by atoms with Gasteiger partial charge in [0.25, 0.3) is 0 Å². The highest BCUT2D eigenvalue weighted by Gasteiger charge is 2.16. The maximum atomic E-state index is 10.7. The minimum atomic E-state index is -1.00. The number of aliphatic carboxylic acids is 1. The van der Waals surface area contributed by atoms with Crippen molar-refractivity contribution in [1.29, 1.82) is 0 Å². The normalized spacial score (nSPS) is 14.2. The molecule has 1 unspecified atom stereocenters. The van der Waals surface area contributed by atoms with Crippen LogP contribution in [0.5, 0.6) is 5.75 Å². The minimum absolute atomic E-state index is 0.214. The van der Waals surface area contributed by atoms with E-state index in [-0.39, 0.29) is 6.04 Å². The van der Waals surface area contributed by atoms with Gasteiger partial charge in [0.05, 0.1) is 0 Å². The summed E-state index contributed by atoms with van der Waals surface area (Å²) in [5.74, 6) is -0.494. The van der Waals surface area contributed by atoms with Crippen molar-refractivity contribution in [2.24, 2.45) is 5.73 Å². The Morgan fingerprint density at radius 1 is 1.50 bits per heavy atom. The number of carboxylic acids is 1. The Morgan fingerprint density at radius 3 is 2.62 bits per heavy atom. The quantitative estimate of drug-likeness (QED) is 0.891. The van der Waals surface area contributed by atoms with E-state index in [1.54, 1.807) is 12.1 Å². The fourth-order valence-electron chi connectivity index (χ4n) is 1.22. The van der Waals surface area contributed by atoms with E-state index in [0.29, 0.717) is 5.75 Å². The van der Waals surface area contributed by atoms with Crippen molar-refractivity contribution in [3.63, 3.8) is 0 Å². The molecule has 0 bridgehead atoms. The van der Waals surface area contributed by atoms with Crippen LogP contribution in [-0.4, -0.2) is 17.2 Å². The van der Waals surface area contributed by atoms with Gasteiger partial charge < -0.3 is 15.6 Å². The van der Waals surface area contributed by atoms with Crippen LogP contribution in [0.25, 0.3) is 0 Å². The van der Waals surface area contributed by atoms with Gasteiger partial charge in [-0.1, -0.05) is 15.9 Å². The number of hydrogen-bond acceptors (Lipinski definition) is 3. The van der Waals surface area contributed by atoms with Gasteiger partial charge in [-0.3, -0.25) is 0 Å². The van der Waals surface area contributed by atoms with Crippen LogP contribution in [0, 0.1) is 0 Å². The topological polar surface area (TPSA) is 72.5 Å². The molecule has 0 radical (unpaired) electrons. The minimum Gasteiger partial charge on any atom is -0.479 e. The summed E-state index contributed by atoms with van der Waals surface area (Å²) in [7, 11) is 0. The van der Waals surface area contributed by atoms with Crippen LogP contribution in [0.4, 0.5) is 0 Å². The van der Waals surface area contributed by atoms with Crippen molar-refractivity contribution in [3.8, 4) is 5.75 Å². The largest absolute Gasteiger partial charge is 0.479 e. The zero-order valence-electron chi connectivity index (χ0n) is 9.11. The Bertz CT molecular complexity index is 393. The molecule has 4 nitrogen and oxygen atoms in total. The van der Waals surface area contributed by atoms with Crippen molar-refractivity contribution in [2.75, 3.05) is 0 Å². The summed E-state index contributed by atoms with van der Waals surface area (Å²) in [6.45, 7) is 3.30. The third-order valence-electron chi connectivity index (χ3n) is 2.11. The Labute approximate surface area is 103 Å². The van der Waals surface area contributed by atoms with E-state index in [9.17, 15) is 4.79 Å². The van der Waals surface area contributed by atoms with Crippen LogP contribution in [0.3, 0.4) is 0 Å². The first-order valence-electron chi connectivity index (χ1n) is 4.86. The van der Waals surface area contributed by atoms with Gasteiger partial charge in [0.15, 0.2) is 6.10 Å². The van der Waals surface area contributed by atoms with Gasteiger partial charge in [-0.2, -0.15) is 0 Å². The van der Waals surface area contributed by atoms with Gasteiger partial charge in [0.1, 0.15) is 5.75 Å². The van der Waals surface area contributed by atoms with Gasteiger partial charge in [-0.15, -0.1) is 0 Å². The standard InChI is InChI=1S/C11H14BrNO3/c1-6(13)9-5-8(12)3-4-10(9)16-7(2)11(14)15/h3-7H,13H2,1-2H3,(H,14,15)/t6-,7?/m1/s1. The van der Waals surface area contributed by atoms with E-state index in [1.807, 2.05) is 13.0 Å². The second-order valence-electron chi connectivity index (χ2n) is 3.57. The number of carboxylic acid groups (broad SMARTS) is 1. The molecule has 16 heavy (non-hydrogen) atoms. The SMILES string of the molecule is CC(Oc1ccc(Br)cc1[C@@H](C)N)C(=O)O. The summed E-state index contributed by atoms with van der Waals surface area (Å²) in [5, 5.41) is 8.76. The second kappa shape index (κ2) is 5.32. The predicted molar refractivity (Wildman–Crippen MR) is 64.5 cm³/mol. The molecule has 0 amide bonds. The van der Waals surface area contributed by atoms with E-state index in [2.05, 4.69) is 15.9 Å². The fourth-order valence-corrected chi connectivity index (χ4v) is 1.60. The molecule has 0 aromatic heterocycles.